The second-order valence-electron chi connectivity index (χ2n) is 5.18. The van der Waals surface area contributed by atoms with Gasteiger partial charge >= 0.3 is 0 Å². The van der Waals surface area contributed by atoms with Crippen LogP contribution in [0, 0.1) is 0 Å². The van der Waals surface area contributed by atoms with Gasteiger partial charge in [0.25, 0.3) is 5.91 Å². The van der Waals surface area contributed by atoms with E-state index in [1.54, 1.807) is 18.5 Å². The summed E-state index contributed by atoms with van der Waals surface area (Å²) in [4.78, 5) is 23.2. The molecule has 1 fully saturated rings. The molecule has 1 saturated heterocycles. The molecule has 0 saturated carbocycles. The molecule has 0 aromatic carbocycles. The molecule has 2 aromatic rings. The number of nitrogens with zero attached hydrogens (tertiary/aromatic N) is 3. The number of anilines is 1. The lowest BCUT2D eigenvalue weighted by atomic mass is 10.1. The first-order valence-electron chi connectivity index (χ1n) is 7.32. The van der Waals surface area contributed by atoms with Gasteiger partial charge in [0.05, 0.1) is 17.3 Å². The lowest BCUT2D eigenvalue weighted by molar-refractivity contribution is 0.0942. The smallest absolute Gasteiger partial charge is 0.271 e. The van der Waals surface area contributed by atoms with Crippen LogP contribution in [0.3, 0.4) is 0 Å². The molecule has 7 heteroatoms. The maximum atomic E-state index is 12.3. The van der Waals surface area contributed by atoms with Crippen molar-refractivity contribution in [2.45, 2.75) is 25.8 Å². The van der Waals surface area contributed by atoms with Gasteiger partial charge in [-0.25, -0.2) is 9.97 Å². The molecule has 3 heterocycles. The summed E-state index contributed by atoms with van der Waals surface area (Å²) in [6.07, 6.45) is 6.73. The van der Waals surface area contributed by atoms with Crippen molar-refractivity contribution in [2.75, 3.05) is 18.0 Å². The van der Waals surface area contributed by atoms with E-state index in [9.17, 15) is 4.79 Å². The minimum absolute atomic E-state index is 0.246. The standard InChI is InChI=1S/C15H17BrN4O2/c16-12-10-18-15(20-6-2-1-3-7-20)19-13(12)14(21)17-9-11-5-4-8-22-11/h4-5,8,10H,1-3,6-7,9H2,(H,17,21). The third-order valence-corrected chi connectivity index (χ3v) is 4.17. The Labute approximate surface area is 137 Å². The molecule has 0 aliphatic carbocycles. The molecule has 0 radical (unpaired) electrons. The summed E-state index contributed by atoms with van der Waals surface area (Å²) in [6, 6.07) is 3.60. The Morgan fingerprint density at radius 1 is 1.36 bits per heavy atom. The second kappa shape index (κ2) is 6.91. The first kappa shape index (κ1) is 15.0. The molecule has 3 rings (SSSR count). The topological polar surface area (TPSA) is 71.3 Å². The minimum atomic E-state index is -0.246. The molecule has 1 aliphatic rings. The van der Waals surface area contributed by atoms with Crippen LogP contribution in [0.1, 0.15) is 35.5 Å². The highest BCUT2D eigenvalue weighted by Gasteiger charge is 2.18. The van der Waals surface area contributed by atoms with Gasteiger partial charge in [0.2, 0.25) is 5.95 Å². The van der Waals surface area contributed by atoms with Gasteiger partial charge in [0, 0.05) is 19.3 Å². The first-order valence-corrected chi connectivity index (χ1v) is 8.11. The molecule has 0 atom stereocenters. The van der Waals surface area contributed by atoms with Crippen molar-refractivity contribution in [1.82, 2.24) is 15.3 Å². The van der Waals surface area contributed by atoms with Crippen LogP contribution in [-0.2, 0) is 6.54 Å². The fraction of sp³-hybridized carbons (Fsp3) is 0.400. The molecule has 0 unspecified atom stereocenters. The third kappa shape index (κ3) is 3.47. The predicted octanol–water partition coefficient (Wildman–Crippen LogP) is 2.75. The Morgan fingerprint density at radius 2 is 2.18 bits per heavy atom. The molecule has 1 N–H and O–H groups in total. The van der Waals surface area contributed by atoms with E-state index in [2.05, 4.69) is 36.1 Å². The van der Waals surface area contributed by atoms with Gasteiger partial charge < -0.3 is 14.6 Å². The Morgan fingerprint density at radius 3 is 2.91 bits per heavy atom. The SMILES string of the molecule is O=C(NCc1ccco1)c1nc(N2CCCCC2)ncc1Br. The number of hydrogen-bond donors (Lipinski definition) is 1. The van der Waals surface area contributed by atoms with E-state index in [0.717, 1.165) is 25.9 Å². The van der Waals surface area contributed by atoms with Crippen LogP contribution in [0.15, 0.2) is 33.5 Å². The molecule has 1 aliphatic heterocycles. The minimum Gasteiger partial charge on any atom is -0.467 e. The first-order chi connectivity index (χ1) is 10.7. The molecular formula is C15H17BrN4O2. The van der Waals surface area contributed by atoms with E-state index in [1.165, 1.54) is 6.42 Å². The van der Waals surface area contributed by atoms with Gasteiger partial charge in [-0.2, -0.15) is 0 Å². The number of piperidine rings is 1. The number of rotatable bonds is 4. The molecule has 0 spiro atoms. The highest BCUT2D eigenvalue weighted by Crippen LogP contribution is 2.20. The summed E-state index contributed by atoms with van der Waals surface area (Å²) >= 11 is 3.35. The number of amides is 1. The fourth-order valence-corrected chi connectivity index (χ4v) is 2.80. The lowest BCUT2D eigenvalue weighted by Gasteiger charge is -2.26. The maximum absolute atomic E-state index is 12.3. The highest BCUT2D eigenvalue weighted by atomic mass is 79.9. The second-order valence-corrected chi connectivity index (χ2v) is 6.03. The van der Waals surface area contributed by atoms with Gasteiger partial charge in [-0.3, -0.25) is 4.79 Å². The zero-order chi connectivity index (χ0) is 15.4. The highest BCUT2D eigenvalue weighted by molar-refractivity contribution is 9.10. The van der Waals surface area contributed by atoms with Crippen LogP contribution in [0.4, 0.5) is 5.95 Å². The maximum Gasteiger partial charge on any atom is 0.271 e. The van der Waals surface area contributed by atoms with Crippen LogP contribution in [-0.4, -0.2) is 29.0 Å². The number of carbonyl (C=O) groups excluding carboxylic acids is 1. The van der Waals surface area contributed by atoms with Crippen molar-refractivity contribution in [3.8, 4) is 0 Å². The Kier molecular flexibility index (Phi) is 4.72. The largest absolute Gasteiger partial charge is 0.467 e. The Hall–Kier alpha value is -1.89. The number of halogens is 1. The summed E-state index contributed by atoms with van der Waals surface area (Å²) < 4.78 is 5.79. The number of nitrogens with one attached hydrogen (secondary N) is 1. The zero-order valence-electron chi connectivity index (χ0n) is 12.1. The molecule has 1 amide bonds. The normalized spacial score (nSPS) is 14.9. The van der Waals surface area contributed by atoms with Crippen LogP contribution < -0.4 is 10.2 Å². The van der Waals surface area contributed by atoms with Gasteiger partial charge in [0.1, 0.15) is 11.5 Å². The van der Waals surface area contributed by atoms with Crippen molar-refractivity contribution in [3.63, 3.8) is 0 Å². The van der Waals surface area contributed by atoms with E-state index in [4.69, 9.17) is 4.42 Å². The van der Waals surface area contributed by atoms with E-state index < -0.39 is 0 Å². The summed E-state index contributed by atoms with van der Waals surface area (Å²) in [5.74, 6) is 1.07. The van der Waals surface area contributed by atoms with Crippen LogP contribution in [0.5, 0.6) is 0 Å². The van der Waals surface area contributed by atoms with E-state index in [0.29, 0.717) is 28.4 Å². The predicted molar refractivity (Wildman–Crippen MR) is 85.7 cm³/mol. The number of hydrogen-bond acceptors (Lipinski definition) is 5. The van der Waals surface area contributed by atoms with Crippen molar-refractivity contribution in [3.05, 3.63) is 40.5 Å². The van der Waals surface area contributed by atoms with Gasteiger partial charge in [-0.1, -0.05) is 0 Å². The molecule has 22 heavy (non-hydrogen) atoms. The molecule has 0 bridgehead atoms. The van der Waals surface area contributed by atoms with Gasteiger partial charge in [-0.15, -0.1) is 0 Å². The van der Waals surface area contributed by atoms with Crippen molar-refractivity contribution in [1.29, 1.82) is 0 Å². The summed E-state index contributed by atoms with van der Waals surface area (Å²) in [5.41, 5.74) is 0.349. The molecule has 2 aromatic heterocycles. The van der Waals surface area contributed by atoms with Crippen molar-refractivity contribution in [2.24, 2.45) is 0 Å². The van der Waals surface area contributed by atoms with Gasteiger partial charge in [-0.05, 0) is 47.3 Å². The van der Waals surface area contributed by atoms with Crippen LogP contribution in [0.2, 0.25) is 0 Å². The van der Waals surface area contributed by atoms with E-state index >= 15 is 0 Å². The van der Waals surface area contributed by atoms with Crippen molar-refractivity contribution < 1.29 is 9.21 Å². The third-order valence-electron chi connectivity index (χ3n) is 3.59. The quantitative estimate of drug-likeness (QED) is 0.902. The molecule has 6 nitrogen and oxygen atoms in total. The van der Waals surface area contributed by atoms with Crippen LogP contribution in [0.25, 0.3) is 0 Å². The number of aromatic nitrogens is 2. The zero-order valence-corrected chi connectivity index (χ0v) is 13.7. The summed E-state index contributed by atoms with van der Waals surface area (Å²) in [5, 5.41) is 2.80. The number of carbonyl (C=O) groups is 1. The Balaban J connectivity index is 1.72. The Bertz CT molecular complexity index is 639. The van der Waals surface area contributed by atoms with Crippen molar-refractivity contribution >= 4 is 27.8 Å². The molecular weight excluding hydrogens is 348 g/mol. The van der Waals surface area contributed by atoms with E-state index in [1.807, 2.05) is 6.07 Å². The summed E-state index contributed by atoms with van der Waals surface area (Å²) in [6.45, 7) is 2.21. The number of furan rings is 1. The van der Waals surface area contributed by atoms with E-state index in [-0.39, 0.29) is 5.91 Å². The monoisotopic (exact) mass is 364 g/mol. The average molecular weight is 365 g/mol. The van der Waals surface area contributed by atoms with Crippen LogP contribution >= 0.6 is 15.9 Å². The summed E-state index contributed by atoms with van der Waals surface area (Å²) in [7, 11) is 0. The lowest BCUT2D eigenvalue weighted by Crippen LogP contribution is -2.32. The average Bonchev–Trinajstić information content (AvgIpc) is 3.07. The molecule has 116 valence electrons. The van der Waals surface area contributed by atoms with Gasteiger partial charge in [0.15, 0.2) is 0 Å². The fourth-order valence-electron chi connectivity index (χ4n) is 2.43.